The van der Waals surface area contributed by atoms with Crippen LogP contribution in [0, 0.1) is 5.92 Å². The summed E-state index contributed by atoms with van der Waals surface area (Å²) in [5.74, 6) is 0.469. The number of nitrogens with zero attached hydrogens (tertiary/aromatic N) is 1. The Hall–Kier alpha value is -0.330. The van der Waals surface area contributed by atoms with Crippen LogP contribution in [-0.2, 0) is 0 Å². The molecule has 1 saturated heterocycles. The molecule has 0 aromatic rings. The molecule has 0 radical (unpaired) electrons. The van der Waals surface area contributed by atoms with Gasteiger partial charge >= 0.3 is 6.18 Å². The molecule has 0 spiro atoms. The van der Waals surface area contributed by atoms with E-state index in [4.69, 9.17) is 0 Å². The van der Waals surface area contributed by atoms with Crippen LogP contribution in [0.25, 0.3) is 0 Å². The Labute approximate surface area is 119 Å². The summed E-state index contributed by atoms with van der Waals surface area (Å²) in [5, 5.41) is 13.1. The summed E-state index contributed by atoms with van der Waals surface area (Å²) >= 11 is 0. The zero-order chi connectivity index (χ0) is 15.2. The van der Waals surface area contributed by atoms with Gasteiger partial charge in [0.2, 0.25) is 0 Å². The Morgan fingerprint density at radius 2 is 1.85 bits per heavy atom. The maximum atomic E-state index is 12.1. The lowest BCUT2D eigenvalue weighted by atomic mass is 10.0. The normalized spacial score (nSPS) is 20.6. The minimum Gasteiger partial charge on any atom is -0.392 e. The summed E-state index contributed by atoms with van der Waals surface area (Å²) in [6.45, 7) is 6.23. The Bertz CT molecular complexity index is 264. The molecule has 20 heavy (non-hydrogen) atoms. The predicted octanol–water partition coefficient (Wildman–Crippen LogP) is 2.40. The van der Waals surface area contributed by atoms with Gasteiger partial charge in [0.1, 0.15) is 0 Å². The molecule has 120 valence electrons. The van der Waals surface area contributed by atoms with Gasteiger partial charge in [-0.2, -0.15) is 13.2 Å². The molecule has 0 aromatic carbocycles. The van der Waals surface area contributed by atoms with E-state index in [2.05, 4.69) is 19.2 Å². The first-order valence-corrected chi connectivity index (χ1v) is 7.47. The molecule has 2 N–H and O–H groups in total. The molecule has 6 heteroatoms. The first kappa shape index (κ1) is 17.7. The van der Waals surface area contributed by atoms with E-state index in [0.29, 0.717) is 31.6 Å². The van der Waals surface area contributed by atoms with E-state index in [1.807, 2.05) is 4.90 Å². The second kappa shape index (κ2) is 8.20. The Morgan fingerprint density at radius 3 is 2.35 bits per heavy atom. The number of alkyl halides is 3. The lowest BCUT2D eigenvalue weighted by molar-refractivity contribution is -0.138. The number of aliphatic hydroxyl groups is 1. The molecule has 0 aromatic heterocycles. The molecule has 1 atom stereocenters. The third kappa shape index (κ3) is 8.07. The topological polar surface area (TPSA) is 35.5 Å². The van der Waals surface area contributed by atoms with Gasteiger partial charge in [-0.1, -0.05) is 13.8 Å². The van der Waals surface area contributed by atoms with Gasteiger partial charge in [-0.05, 0) is 38.3 Å². The molecule has 1 aliphatic heterocycles. The van der Waals surface area contributed by atoms with Gasteiger partial charge in [0, 0.05) is 19.1 Å². The molecule has 1 rings (SSSR count). The van der Waals surface area contributed by atoms with Crippen LogP contribution in [-0.4, -0.2) is 54.5 Å². The molecule has 0 amide bonds. The Morgan fingerprint density at radius 1 is 1.25 bits per heavy atom. The minimum atomic E-state index is -4.06. The van der Waals surface area contributed by atoms with Crippen molar-refractivity contribution in [1.82, 2.24) is 10.2 Å². The number of aliphatic hydroxyl groups excluding tert-OH is 1. The lowest BCUT2D eigenvalue weighted by Crippen LogP contribution is -2.45. The highest BCUT2D eigenvalue weighted by atomic mass is 19.4. The van der Waals surface area contributed by atoms with Crippen LogP contribution in [0.3, 0.4) is 0 Å². The largest absolute Gasteiger partial charge is 0.392 e. The fourth-order valence-corrected chi connectivity index (χ4v) is 2.58. The molecule has 1 heterocycles. The predicted molar refractivity (Wildman–Crippen MR) is 73.6 cm³/mol. The summed E-state index contributed by atoms with van der Waals surface area (Å²) in [6.07, 6.45) is -2.64. The standard InChI is InChI=1S/C14H27F3N2O/c1-11(2)9-13(20)10-18-12-3-6-19(7-4-12)8-5-14(15,16)17/h11-13,18,20H,3-10H2,1-2H3. The summed E-state index contributed by atoms with van der Waals surface area (Å²) in [6, 6.07) is 0.318. The number of nitrogens with one attached hydrogen (secondary N) is 1. The summed E-state index contributed by atoms with van der Waals surface area (Å²) in [5.41, 5.74) is 0. The van der Waals surface area contributed by atoms with Crippen molar-refractivity contribution in [1.29, 1.82) is 0 Å². The van der Waals surface area contributed by atoms with Crippen LogP contribution >= 0.6 is 0 Å². The van der Waals surface area contributed by atoms with Crippen LogP contribution in [0.2, 0.25) is 0 Å². The van der Waals surface area contributed by atoms with Crippen molar-refractivity contribution in [2.24, 2.45) is 5.92 Å². The van der Waals surface area contributed by atoms with Crippen LogP contribution in [0.5, 0.6) is 0 Å². The van der Waals surface area contributed by atoms with Crippen LogP contribution in [0.4, 0.5) is 13.2 Å². The number of hydrogen-bond donors (Lipinski definition) is 2. The zero-order valence-electron chi connectivity index (χ0n) is 12.4. The van der Waals surface area contributed by atoms with Crippen LogP contribution < -0.4 is 5.32 Å². The first-order chi connectivity index (χ1) is 9.26. The highest BCUT2D eigenvalue weighted by Gasteiger charge is 2.29. The van der Waals surface area contributed by atoms with Gasteiger partial charge in [-0.15, -0.1) is 0 Å². The van der Waals surface area contributed by atoms with E-state index in [0.717, 1.165) is 19.3 Å². The molecule has 0 saturated carbocycles. The molecular weight excluding hydrogens is 269 g/mol. The second-order valence-corrected chi connectivity index (χ2v) is 6.17. The highest BCUT2D eigenvalue weighted by Crippen LogP contribution is 2.21. The molecule has 0 aliphatic carbocycles. The van der Waals surface area contributed by atoms with Gasteiger partial charge in [0.05, 0.1) is 12.5 Å². The van der Waals surface area contributed by atoms with Gasteiger partial charge in [0.25, 0.3) is 0 Å². The second-order valence-electron chi connectivity index (χ2n) is 6.17. The number of likely N-dealkylation sites (tertiary alicyclic amines) is 1. The monoisotopic (exact) mass is 296 g/mol. The average molecular weight is 296 g/mol. The zero-order valence-corrected chi connectivity index (χ0v) is 12.4. The fourth-order valence-electron chi connectivity index (χ4n) is 2.58. The van der Waals surface area contributed by atoms with E-state index in [-0.39, 0.29) is 12.6 Å². The quantitative estimate of drug-likeness (QED) is 0.757. The number of rotatable bonds is 7. The molecule has 3 nitrogen and oxygen atoms in total. The SMILES string of the molecule is CC(C)CC(O)CNC1CCN(CCC(F)(F)F)CC1. The summed E-state index contributed by atoms with van der Waals surface area (Å²) in [4.78, 5) is 1.87. The molecule has 1 unspecified atom stereocenters. The lowest BCUT2D eigenvalue weighted by Gasteiger charge is -2.33. The third-order valence-electron chi connectivity index (χ3n) is 3.68. The van der Waals surface area contributed by atoms with E-state index in [1.54, 1.807) is 0 Å². The maximum Gasteiger partial charge on any atom is 0.390 e. The third-order valence-corrected chi connectivity index (χ3v) is 3.68. The molecular formula is C14H27F3N2O. The van der Waals surface area contributed by atoms with Crippen molar-refractivity contribution in [2.45, 2.75) is 57.9 Å². The summed E-state index contributed by atoms with van der Waals surface area (Å²) in [7, 11) is 0. The molecule has 0 bridgehead atoms. The average Bonchev–Trinajstić information content (AvgIpc) is 2.33. The van der Waals surface area contributed by atoms with Gasteiger partial charge in [-0.3, -0.25) is 0 Å². The molecule has 1 aliphatic rings. The van der Waals surface area contributed by atoms with Crippen molar-refractivity contribution in [3.05, 3.63) is 0 Å². The van der Waals surface area contributed by atoms with Crippen LogP contribution in [0.15, 0.2) is 0 Å². The minimum absolute atomic E-state index is 0.103. The van der Waals surface area contributed by atoms with Crippen molar-refractivity contribution in [2.75, 3.05) is 26.2 Å². The van der Waals surface area contributed by atoms with Crippen molar-refractivity contribution < 1.29 is 18.3 Å². The van der Waals surface area contributed by atoms with Crippen molar-refractivity contribution in [3.8, 4) is 0 Å². The smallest absolute Gasteiger partial charge is 0.390 e. The van der Waals surface area contributed by atoms with Gasteiger partial charge in [-0.25, -0.2) is 0 Å². The first-order valence-electron chi connectivity index (χ1n) is 7.47. The van der Waals surface area contributed by atoms with Crippen LogP contribution in [0.1, 0.15) is 39.5 Å². The van der Waals surface area contributed by atoms with Gasteiger partial charge in [0.15, 0.2) is 0 Å². The van der Waals surface area contributed by atoms with Gasteiger partial charge < -0.3 is 15.3 Å². The number of piperidine rings is 1. The number of hydrogen-bond acceptors (Lipinski definition) is 3. The summed E-state index contributed by atoms with van der Waals surface area (Å²) < 4.78 is 36.4. The van der Waals surface area contributed by atoms with E-state index in [1.165, 1.54) is 0 Å². The van der Waals surface area contributed by atoms with E-state index >= 15 is 0 Å². The van der Waals surface area contributed by atoms with E-state index in [9.17, 15) is 18.3 Å². The Kier molecular flexibility index (Phi) is 7.26. The highest BCUT2D eigenvalue weighted by molar-refractivity contribution is 4.78. The van der Waals surface area contributed by atoms with E-state index < -0.39 is 12.6 Å². The van der Waals surface area contributed by atoms with Crippen molar-refractivity contribution >= 4 is 0 Å². The maximum absolute atomic E-state index is 12.1. The Balaban J connectivity index is 2.13. The van der Waals surface area contributed by atoms with Crippen molar-refractivity contribution in [3.63, 3.8) is 0 Å². The number of halogens is 3. The molecule has 1 fully saturated rings. The fraction of sp³-hybridized carbons (Fsp3) is 1.00.